The van der Waals surface area contributed by atoms with Gasteiger partial charge in [0.25, 0.3) is 0 Å². The van der Waals surface area contributed by atoms with E-state index in [1.54, 1.807) is 32.0 Å². The SMILES string of the molecule is C\C=C/C=C(C)\C=C(/C)OC1CCN(c2ncnc3c(-c4ccc(C(C)(C)N=O)c(F)c4)ccc(F)c23)CC1. The molecule has 0 unspecified atom stereocenters. The molecule has 0 amide bonds. The number of rotatable bonds is 8. The van der Waals surface area contributed by atoms with E-state index >= 15 is 4.39 Å². The number of hydrogen-bond acceptors (Lipinski definition) is 6. The molecule has 0 N–H and O–H groups in total. The maximum atomic E-state index is 15.2. The minimum absolute atomic E-state index is 0.0622. The highest BCUT2D eigenvalue weighted by Crippen LogP contribution is 2.36. The van der Waals surface area contributed by atoms with E-state index in [-0.39, 0.29) is 11.7 Å². The van der Waals surface area contributed by atoms with E-state index in [2.05, 4.69) is 20.0 Å². The summed E-state index contributed by atoms with van der Waals surface area (Å²) in [7, 11) is 0. The van der Waals surface area contributed by atoms with Gasteiger partial charge in [0, 0.05) is 37.1 Å². The maximum absolute atomic E-state index is 15.2. The third-order valence-electron chi connectivity index (χ3n) is 6.96. The number of fused-ring (bicyclic) bond motifs is 1. The van der Waals surface area contributed by atoms with Crippen LogP contribution in [0.4, 0.5) is 14.6 Å². The Morgan fingerprint density at radius 1 is 1.10 bits per heavy atom. The van der Waals surface area contributed by atoms with Gasteiger partial charge in [0.2, 0.25) is 0 Å². The average Bonchev–Trinajstić information content (AvgIpc) is 2.92. The fourth-order valence-corrected chi connectivity index (χ4v) is 4.92. The number of halogens is 2. The topological polar surface area (TPSA) is 67.7 Å². The van der Waals surface area contributed by atoms with E-state index in [0.29, 0.717) is 40.9 Å². The molecule has 2 aromatic carbocycles. The number of benzene rings is 2. The smallest absolute Gasteiger partial charge is 0.142 e. The van der Waals surface area contributed by atoms with Crippen molar-refractivity contribution in [3.05, 3.63) is 94.4 Å². The maximum Gasteiger partial charge on any atom is 0.142 e. The third kappa shape index (κ3) is 6.21. The predicted octanol–water partition coefficient (Wildman–Crippen LogP) is 7.99. The van der Waals surface area contributed by atoms with Gasteiger partial charge in [0.05, 0.1) is 16.7 Å². The van der Waals surface area contributed by atoms with Crippen LogP contribution in [0.15, 0.2) is 77.5 Å². The number of nitrogens with zero attached hydrogens (tertiary/aromatic N) is 4. The Morgan fingerprint density at radius 3 is 2.51 bits per heavy atom. The van der Waals surface area contributed by atoms with Crippen molar-refractivity contribution >= 4 is 16.7 Å². The highest BCUT2D eigenvalue weighted by Gasteiger charge is 2.27. The van der Waals surface area contributed by atoms with Gasteiger partial charge in [0.15, 0.2) is 0 Å². The summed E-state index contributed by atoms with van der Waals surface area (Å²) >= 11 is 0. The number of piperidine rings is 1. The second kappa shape index (κ2) is 11.8. The predicted molar refractivity (Wildman–Crippen MR) is 152 cm³/mol. The van der Waals surface area contributed by atoms with Crippen LogP contribution in [0.3, 0.4) is 0 Å². The number of ether oxygens (including phenoxy) is 1. The highest BCUT2D eigenvalue weighted by atomic mass is 19.1. The summed E-state index contributed by atoms with van der Waals surface area (Å²) < 4.78 is 36.4. The molecular formula is C31H34F2N4O2. The minimum atomic E-state index is -1.20. The molecule has 1 aromatic heterocycles. The summed E-state index contributed by atoms with van der Waals surface area (Å²) in [4.78, 5) is 22.1. The van der Waals surface area contributed by atoms with Gasteiger partial charge >= 0.3 is 0 Å². The molecule has 0 aliphatic carbocycles. The fraction of sp³-hybridized carbons (Fsp3) is 0.355. The largest absolute Gasteiger partial charge is 0.495 e. The van der Waals surface area contributed by atoms with Crippen LogP contribution in [0.1, 0.15) is 53.0 Å². The molecule has 2 heterocycles. The summed E-state index contributed by atoms with van der Waals surface area (Å²) in [5.74, 6) is 0.384. The number of allylic oxidation sites excluding steroid dienone is 6. The second-order valence-electron chi connectivity index (χ2n) is 10.4. The van der Waals surface area contributed by atoms with Gasteiger partial charge in [-0.05, 0) is 70.0 Å². The Morgan fingerprint density at radius 2 is 1.85 bits per heavy atom. The first-order valence-corrected chi connectivity index (χ1v) is 13.1. The quantitative estimate of drug-likeness (QED) is 0.167. The zero-order valence-corrected chi connectivity index (χ0v) is 23.0. The summed E-state index contributed by atoms with van der Waals surface area (Å²) in [6.07, 6.45) is 11.0. The van der Waals surface area contributed by atoms with Crippen molar-refractivity contribution < 1.29 is 13.5 Å². The monoisotopic (exact) mass is 532 g/mol. The molecule has 39 heavy (non-hydrogen) atoms. The molecule has 1 fully saturated rings. The van der Waals surface area contributed by atoms with E-state index in [0.717, 1.165) is 24.2 Å². The van der Waals surface area contributed by atoms with Gasteiger partial charge in [-0.15, -0.1) is 4.91 Å². The Kier molecular flexibility index (Phi) is 8.53. The van der Waals surface area contributed by atoms with E-state index in [1.807, 2.05) is 45.1 Å². The fourth-order valence-electron chi connectivity index (χ4n) is 4.92. The molecular weight excluding hydrogens is 498 g/mol. The van der Waals surface area contributed by atoms with Gasteiger partial charge in [-0.25, -0.2) is 18.7 Å². The van der Waals surface area contributed by atoms with Crippen LogP contribution in [0.5, 0.6) is 0 Å². The summed E-state index contributed by atoms with van der Waals surface area (Å²) in [6, 6.07) is 7.54. The zero-order valence-electron chi connectivity index (χ0n) is 23.0. The van der Waals surface area contributed by atoms with Gasteiger partial charge < -0.3 is 9.64 Å². The van der Waals surface area contributed by atoms with E-state index in [4.69, 9.17) is 4.74 Å². The first-order valence-electron chi connectivity index (χ1n) is 13.1. The lowest BCUT2D eigenvalue weighted by Gasteiger charge is -2.33. The van der Waals surface area contributed by atoms with Crippen LogP contribution in [0, 0.1) is 16.5 Å². The van der Waals surface area contributed by atoms with Crippen LogP contribution in [-0.2, 0) is 10.3 Å². The van der Waals surface area contributed by atoms with Crippen LogP contribution in [0.25, 0.3) is 22.0 Å². The van der Waals surface area contributed by atoms with Gasteiger partial charge in [-0.3, -0.25) is 0 Å². The Hall–Kier alpha value is -3.94. The summed E-state index contributed by atoms with van der Waals surface area (Å²) in [5.41, 5.74) is 1.62. The van der Waals surface area contributed by atoms with Crippen molar-refractivity contribution in [2.45, 2.75) is 59.1 Å². The normalized spacial score (nSPS) is 15.8. The van der Waals surface area contributed by atoms with Gasteiger partial charge in [0.1, 0.15) is 35.4 Å². The Labute approximate surface area is 228 Å². The molecule has 204 valence electrons. The molecule has 0 bridgehead atoms. The van der Waals surface area contributed by atoms with E-state index < -0.39 is 17.2 Å². The van der Waals surface area contributed by atoms with Crippen molar-refractivity contribution in [1.29, 1.82) is 0 Å². The third-order valence-corrected chi connectivity index (χ3v) is 6.96. The summed E-state index contributed by atoms with van der Waals surface area (Å²) in [6.45, 7) is 10.4. The molecule has 4 rings (SSSR count). The molecule has 0 spiro atoms. The standard InChI is InChI=1S/C31H34F2N4O2/c1-6-7-8-20(2)17-21(3)39-23-13-15-37(16-14-23)30-28-26(32)12-10-24(29(28)34-19-35-30)22-9-11-25(27(33)18-22)31(4,5)36-38/h6-12,17-19,23H,13-16H2,1-5H3/b7-6-,20-8-,21-17+. The molecule has 3 aromatic rings. The van der Waals surface area contributed by atoms with Crippen molar-refractivity contribution in [2.24, 2.45) is 5.18 Å². The molecule has 1 aliphatic heterocycles. The van der Waals surface area contributed by atoms with Crippen LogP contribution >= 0.6 is 0 Å². The highest BCUT2D eigenvalue weighted by molar-refractivity contribution is 5.99. The van der Waals surface area contributed by atoms with Crippen LogP contribution in [0.2, 0.25) is 0 Å². The molecule has 6 nitrogen and oxygen atoms in total. The molecule has 0 atom stereocenters. The second-order valence-corrected chi connectivity index (χ2v) is 10.4. The number of hydrogen-bond donors (Lipinski definition) is 0. The van der Waals surface area contributed by atoms with Gasteiger partial charge in [-0.2, -0.15) is 0 Å². The van der Waals surface area contributed by atoms with Crippen molar-refractivity contribution in [3.8, 4) is 11.1 Å². The first-order chi connectivity index (χ1) is 18.6. The average molecular weight is 533 g/mol. The van der Waals surface area contributed by atoms with Crippen LogP contribution < -0.4 is 4.90 Å². The van der Waals surface area contributed by atoms with Crippen LogP contribution in [-0.4, -0.2) is 29.2 Å². The lowest BCUT2D eigenvalue weighted by atomic mass is 9.92. The Bertz CT molecular complexity index is 1450. The number of anilines is 1. The molecule has 0 radical (unpaired) electrons. The first kappa shape index (κ1) is 28.1. The van der Waals surface area contributed by atoms with E-state index in [9.17, 15) is 9.30 Å². The molecule has 8 heteroatoms. The van der Waals surface area contributed by atoms with Gasteiger partial charge in [-0.1, -0.05) is 35.5 Å². The lowest BCUT2D eigenvalue weighted by molar-refractivity contribution is 0.0949. The van der Waals surface area contributed by atoms with Crippen molar-refractivity contribution in [1.82, 2.24) is 9.97 Å². The number of aromatic nitrogens is 2. The Balaban J connectivity index is 1.58. The molecule has 0 saturated carbocycles. The lowest BCUT2D eigenvalue weighted by Crippen LogP contribution is -2.37. The van der Waals surface area contributed by atoms with Crippen molar-refractivity contribution in [3.63, 3.8) is 0 Å². The number of nitroso groups, excluding NO2 is 1. The zero-order chi connectivity index (χ0) is 28.2. The van der Waals surface area contributed by atoms with Crippen molar-refractivity contribution in [2.75, 3.05) is 18.0 Å². The summed E-state index contributed by atoms with van der Waals surface area (Å²) in [5, 5.41) is 3.34. The molecule has 1 aliphatic rings. The van der Waals surface area contributed by atoms with E-state index in [1.165, 1.54) is 18.5 Å². The minimum Gasteiger partial charge on any atom is -0.495 e. The molecule has 1 saturated heterocycles.